The minimum Gasteiger partial charge on any atom is -0.381 e. The second kappa shape index (κ2) is 5.08. The van der Waals surface area contributed by atoms with E-state index in [4.69, 9.17) is 4.74 Å². The van der Waals surface area contributed by atoms with E-state index in [1.54, 1.807) is 7.11 Å². The molecule has 4 nitrogen and oxygen atoms in total. The van der Waals surface area contributed by atoms with Gasteiger partial charge in [0.05, 0.1) is 11.9 Å². The second-order valence-corrected chi connectivity index (χ2v) is 7.92. The Morgan fingerprint density at radius 1 is 1.35 bits per heavy atom. The van der Waals surface area contributed by atoms with Gasteiger partial charge in [0.15, 0.2) is 0 Å². The lowest BCUT2D eigenvalue weighted by molar-refractivity contribution is -0.131. The third kappa shape index (κ3) is 1.96. The molecule has 1 saturated heterocycles. The molecule has 1 aromatic carbocycles. The summed E-state index contributed by atoms with van der Waals surface area (Å²) in [4.78, 5) is 13.0. The van der Waals surface area contributed by atoms with Crippen LogP contribution in [0.3, 0.4) is 0 Å². The van der Waals surface area contributed by atoms with E-state index in [1.165, 1.54) is 5.56 Å². The largest absolute Gasteiger partial charge is 0.381 e. The highest BCUT2D eigenvalue weighted by Crippen LogP contribution is 2.59. The summed E-state index contributed by atoms with van der Waals surface area (Å²) in [5, 5.41) is 6.35. The van der Waals surface area contributed by atoms with Crippen molar-refractivity contribution < 1.29 is 9.53 Å². The van der Waals surface area contributed by atoms with Gasteiger partial charge < -0.3 is 15.4 Å². The van der Waals surface area contributed by atoms with E-state index in [1.807, 2.05) is 0 Å². The quantitative estimate of drug-likeness (QED) is 0.791. The molecule has 1 saturated carbocycles. The summed E-state index contributed by atoms with van der Waals surface area (Å²) < 4.78 is 6.55. The van der Waals surface area contributed by atoms with Gasteiger partial charge in [0, 0.05) is 17.0 Å². The summed E-state index contributed by atoms with van der Waals surface area (Å²) in [5.74, 6) is 0.645. The number of carbonyl (C=O) groups excluding carboxylic acids is 1. The van der Waals surface area contributed by atoms with Crippen molar-refractivity contribution in [1.82, 2.24) is 10.6 Å². The number of halogens is 1. The molecule has 0 radical (unpaired) electrons. The lowest BCUT2D eigenvalue weighted by Gasteiger charge is -2.46. The van der Waals surface area contributed by atoms with Crippen molar-refractivity contribution in [1.29, 1.82) is 0 Å². The van der Waals surface area contributed by atoms with E-state index in [-0.39, 0.29) is 11.3 Å². The molecule has 1 aromatic rings. The summed E-state index contributed by atoms with van der Waals surface area (Å²) >= 11 is 3.56. The zero-order valence-electron chi connectivity index (χ0n) is 13.2. The molecular formula is C18H21BrN2O2. The van der Waals surface area contributed by atoms with E-state index in [0.29, 0.717) is 11.9 Å². The predicted molar refractivity (Wildman–Crippen MR) is 91.6 cm³/mol. The summed E-state index contributed by atoms with van der Waals surface area (Å²) in [6.07, 6.45) is 5.18. The zero-order chi connectivity index (χ0) is 16.2. The van der Waals surface area contributed by atoms with Gasteiger partial charge in [-0.05, 0) is 55.4 Å². The SMILES string of the molecule is C=C1NC(=O)C2(N1)c1cc(Br)ccc1CC21CCC(OC)CC1. The van der Waals surface area contributed by atoms with Crippen molar-refractivity contribution >= 4 is 21.8 Å². The second-order valence-electron chi connectivity index (χ2n) is 7.00. The molecule has 2 fully saturated rings. The van der Waals surface area contributed by atoms with Gasteiger partial charge in [0.25, 0.3) is 5.91 Å². The van der Waals surface area contributed by atoms with Crippen LogP contribution in [0.15, 0.2) is 35.1 Å². The molecule has 2 N–H and O–H groups in total. The summed E-state index contributed by atoms with van der Waals surface area (Å²) in [6.45, 7) is 3.95. The first-order valence-corrected chi connectivity index (χ1v) is 8.90. The highest BCUT2D eigenvalue weighted by molar-refractivity contribution is 9.10. The fourth-order valence-electron chi connectivity index (χ4n) is 4.87. The molecule has 1 aliphatic heterocycles. The van der Waals surface area contributed by atoms with Crippen LogP contribution in [0, 0.1) is 5.41 Å². The number of hydrogen-bond donors (Lipinski definition) is 2. The number of benzene rings is 1. The Kier molecular flexibility index (Phi) is 3.36. The van der Waals surface area contributed by atoms with E-state index >= 15 is 0 Å². The van der Waals surface area contributed by atoms with Crippen LogP contribution in [0.2, 0.25) is 0 Å². The van der Waals surface area contributed by atoms with Crippen molar-refractivity contribution in [3.8, 4) is 0 Å². The normalized spacial score (nSPS) is 35.5. The number of rotatable bonds is 1. The Balaban J connectivity index is 1.85. The Morgan fingerprint density at radius 3 is 2.70 bits per heavy atom. The molecule has 2 spiro atoms. The molecule has 0 aromatic heterocycles. The average Bonchev–Trinajstić information content (AvgIpc) is 2.97. The van der Waals surface area contributed by atoms with Crippen LogP contribution in [0.1, 0.15) is 36.8 Å². The molecule has 0 bridgehead atoms. The van der Waals surface area contributed by atoms with E-state index in [2.05, 4.69) is 51.3 Å². The Morgan fingerprint density at radius 2 is 2.09 bits per heavy atom. The maximum Gasteiger partial charge on any atom is 0.256 e. The molecule has 23 heavy (non-hydrogen) atoms. The minimum absolute atomic E-state index is 0.0372. The lowest BCUT2D eigenvalue weighted by atomic mass is 9.61. The smallest absolute Gasteiger partial charge is 0.256 e. The van der Waals surface area contributed by atoms with Crippen LogP contribution in [-0.2, 0) is 21.5 Å². The number of amides is 1. The van der Waals surface area contributed by atoms with Crippen molar-refractivity contribution in [3.05, 3.63) is 46.2 Å². The van der Waals surface area contributed by atoms with Gasteiger partial charge in [0.2, 0.25) is 0 Å². The lowest BCUT2D eigenvalue weighted by Crippen LogP contribution is -2.56. The molecular weight excluding hydrogens is 356 g/mol. The third-order valence-electron chi connectivity index (χ3n) is 5.97. The number of carbonyl (C=O) groups is 1. The average molecular weight is 377 g/mol. The monoisotopic (exact) mass is 376 g/mol. The molecule has 5 heteroatoms. The highest BCUT2D eigenvalue weighted by atomic mass is 79.9. The van der Waals surface area contributed by atoms with E-state index in [0.717, 1.165) is 42.1 Å². The fourth-order valence-corrected chi connectivity index (χ4v) is 5.24. The summed E-state index contributed by atoms with van der Waals surface area (Å²) in [6, 6.07) is 6.31. The number of fused-ring (bicyclic) bond motifs is 3. The van der Waals surface area contributed by atoms with Gasteiger partial charge in [-0.25, -0.2) is 0 Å². The van der Waals surface area contributed by atoms with Crippen molar-refractivity contribution in [2.45, 2.75) is 43.7 Å². The van der Waals surface area contributed by atoms with Crippen LogP contribution in [-0.4, -0.2) is 19.1 Å². The van der Waals surface area contributed by atoms with Crippen molar-refractivity contribution in [3.63, 3.8) is 0 Å². The van der Waals surface area contributed by atoms with Crippen LogP contribution in [0.4, 0.5) is 0 Å². The molecule has 2 aliphatic carbocycles. The number of ether oxygens (including phenoxy) is 1. The van der Waals surface area contributed by atoms with E-state index < -0.39 is 5.54 Å². The maximum atomic E-state index is 13.0. The first-order valence-electron chi connectivity index (χ1n) is 8.11. The predicted octanol–water partition coefficient (Wildman–Crippen LogP) is 2.97. The molecule has 1 amide bonds. The topological polar surface area (TPSA) is 50.4 Å². The van der Waals surface area contributed by atoms with E-state index in [9.17, 15) is 4.79 Å². The van der Waals surface area contributed by atoms with Crippen molar-refractivity contribution in [2.75, 3.05) is 7.11 Å². The Labute approximate surface area is 144 Å². The van der Waals surface area contributed by atoms with Gasteiger partial charge in [0.1, 0.15) is 5.54 Å². The first-order chi connectivity index (χ1) is 11.0. The molecule has 122 valence electrons. The van der Waals surface area contributed by atoms with Crippen LogP contribution in [0.5, 0.6) is 0 Å². The molecule has 4 rings (SSSR count). The molecule has 1 heterocycles. The highest BCUT2D eigenvalue weighted by Gasteiger charge is 2.65. The van der Waals surface area contributed by atoms with Gasteiger partial charge in [-0.1, -0.05) is 28.6 Å². The minimum atomic E-state index is -0.693. The Bertz CT molecular complexity index is 694. The number of methoxy groups -OCH3 is 1. The number of nitrogens with one attached hydrogen (secondary N) is 2. The van der Waals surface area contributed by atoms with Gasteiger partial charge in [-0.15, -0.1) is 0 Å². The van der Waals surface area contributed by atoms with Crippen molar-refractivity contribution in [2.24, 2.45) is 5.41 Å². The van der Waals surface area contributed by atoms with Gasteiger partial charge >= 0.3 is 0 Å². The number of hydrogen-bond acceptors (Lipinski definition) is 3. The molecule has 1 atom stereocenters. The van der Waals surface area contributed by atoms with Gasteiger partial charge in [-0.2, -0.15) is 0 Å². The Hall–Kier alpha value is -1.33. The summed E-state index contributed by atoms with van der Waals surface area (Å²) in [5.41, 5.74) is 1.57. The van der Waals surface area contributed by atoms with Crippen LogP contribution < -0.4 is 10.6 Å². The molecule has 3 aliphatic rings. The van der Waals surface area contributed by atoms with Crippen LogP contribution in [0.25, 0.3) is 0 Å². The standard InChI is InChI=1S/C18H21BrN2O2/c1-11-20-16(22)18(21-11)15-9-13(19)4-3-12(15)10-17(18)7-5-14(23-2)6-8-17/h3-4,9,14,21H,1,5-8,10H2,2H3,(H,20,22). The fraction of sp³-hybridized carbons (Fsp3) is 0.500. The van der Waals surface area contributed by atoms with Crippen LogP contribution >= 0.6 is 15.9 Å². The molecule has 1 unspecified atom stereocenters. The summed E-state index contributed by atoms with van der Waals surface area (Å²) in [7, 11) is 1.78. The zero-order valence-corrected chi connectivity index (χ0v) is 14.8. The third-order valence-corrected chi connectivity index (χ3v) is 6.46. The van der Waals surface area contributed by atoms with Gasteiger partial charge in [-0.3, -0.25) is 4.79 Å². The maximum absolute atomic E-state index is 13.0. The first kappa shape index (κ1) is 15.2.